The maximum Gasteiger partial charge on any atom is 0.267 e. The molecule has 0 spiro atoms. The Labute approximate surface area is 107 Å². The third-order valence-corrected chi connectivity index (χ3v) is 3.25. The van der Waals surface area contributed by atoms with Crippen LogP contribution in [0.5, 0.6) is 0 Å². The van der Waals surface area contributed by atoms with E-state index >= 15 is 0 Å². The first kappa shape index (κ1) is 13.1. The van der Waals surface area contributed by atoms with Gasteiger partial charge in [0.15, 0.2) is 0 Å². The Morgan fingerprint density at radius 3 is 3.00 bits per heavy atom. The summed E-state index contributed by atoms with van der Waals surface area (Å²) in [5.41, 5.74) is 0.724. The van der Waals surface area contributed by atoms with Gasteiger partial charge < -0.3 is 19.7 Å². The molecule has 1 amide bonds. The van der Waals surface area contributed by atoms with Crippen LogP contribution in [-0.4, -0.2) is 41.9 Å². The van der Waals surface area contributed by atoms with Gasteiger partial charge in [-0.3, -0.25) is 4.79 Å². The predicted molar refractivity (Wildman–Crippen MR) is 67.6 cm³/mol. The van der Waals surface area contributed by atoms with Gasteiger partial charge in [-0.05, 0) is 31.4 Å². The van der Waals surface area contributed by atoms with Crippen LogP contribution in [-0.2, 0) is 4.74 Å². The Morgan fingerprint density at radius 2 is 2.33 bits per heavy atom. The van der Waals surface area contributed by atoms with Crippen LogP contribution >= 0.6 is 0 Å². The van der Waals surface area contributed by atoms with Gasteiger partial charge in [0.1, 0.15) is 5.69 Å². The summed E-state index contributed by atoms with van der Waals surface area (Å²) in [7, 11) is 0. The van der Waals surface area contributed by atoms with Crippen LogP contribution in [0, 0.1) is 0 Å². The molecule has 2 N–H and O–H groups in total. The molecule has 18 heavy (non-hydrogen) atoms. The van der Waals surface area contributed by atoms with Crippen molar-refractivity contribution in [3.63, 3.8) is 0 Å². The molecule has 1 aromatic rings. The molecule has 5 heteroatoms. The molecule has 1 heterocycles. The minimum atomic E-state index is -0.0560. The van der Waals surface area contributed by atoms with Crippen molar-refractivity contribution >= 4 is 5.91 Å². The van der Waals surface area contributed by atoms with Crippen LogP contribution < -0.4 is 5.32 Å². The Balaban J connectivity index is 1.79. The van der Waals surface area contributed by atoms with Crippen LogP contribution in [0.1, 0.15) is 35.8 Å². The summed E-state index contributed by atoms with van der Waals surface area (Å²) in [5.74, 6) is -0.0560. The molecule has 100 valence electrons. The van der Waals surface area contributed by atoms with E-state index in [1.165, 1.54) is 6.42 Å². The lowest BCUT2D eigenvalue weighted by atomic mass is 9.93. The number of aromatic nitrogens is 1. The Kier molecular flexibility index (Phi) is 4.78. The number of carbonyl (C=O) groups is 1. The second-order valence-corrected chi connectivity index (χ2v) is 4.48. The van der Waals surface area contributed by atoms with E-state index in [1.54, 1.807) is 0 Å². The molecule has 5 nitrogen and oxygen atoms in total. The molecule has 0 aromatic carbocycles. The van der Waals surface area contributed by atoms with Crippen molar-refractivity contribution in [1.82, 2.24) is 9.88 Å². The van der Waals surface area contributed by atoms with Crippen LogP contribution in [0.4, 0.5) is 0 Å². The first-order valence-corrected chi connectivity index (χ1v) is 6.46. The number of nitrogens with one attached hydrogen (secondary N) is 1. The number of amides is 1. The van der Waals surface area contributed by atoms with Crippen molar-refractivity contribution in [2.45, 2.75) is 25.3 Å². The average Bonchev–Trinajstić information content (AvgIpc) is 2.75. The highest BCUT2D eigenvalue weighted by Crippen LogP contribution is 2.32. The maximum atomic E-state index is 12.0. The molecule has 1 saturated carbocycles. The van der Waals surface area contributed by atoms with Crippen molar-refractivity contribution < 1.29 is 14.6 Å². The Bertz CT molecular complexity index is 385. The molecule has 0 bridgehead atoms. The van der Waals surface area contributed by atoms with E-state index in [2.05, 4.69) is 9.88 Å². The third-order valence-electron chi connectivity index (χ3n) is 3.25. The minimum Gasteiger partial charge on any atom is -0.394 e. The molecule has 2 rings (SSSR count). The molecule has 1 aliphatic rings. The van der Waals surface area contributed by atoms with Gasteiger partial charge in [-0.15, -0.1) is 0 Å². The van der Waals surface area contributed by atoms with Crippen molar-refractivity contribution in [2.24, 2.45) is 0 Å². The molecule has 0 radical (unpaired) electrons. The van der Waals surface area contributed by atoms with Gasteiger partial charge in [0.25, 0.3) is 5.91 Å². The first-order valence-electron chi connectivity index (χ1n) is 6.46. The van der Waals surface area contributed by atoms with Crippen molar-refractivity contribution in [2.75, 3.05) is 26.4 Å². The number of aliphatic hydroxyl groups excluding tert-OH is 1. The number of aliphatic hydroxyl groups is 1. The van der Waals surface area contributed by atoms with Gasteiger partial charge in [-0.1, -0.05) is 0 Å². The third kappa shape index (κ3) is 3.11. The largest absolute Gasteiger partial charge is 0.394 e. The van der Waals surface area contributed by atoms with E-state index in [4.69, 9.17) is 9.84 Å². The molecule has 0 saturated heterocycles. The molecule has 0 aliphatic heterocycles. The number of ether oxygens (including phenoxy) is 1. The van der Waals surface area contributed by atoms with Crippen LogP contribution in [0.3, 0.4) is 0 Å². The van der Waals surface area contributed by atoms with E-state index in [0.29, 0.717) is 25.8 Å². The van der Waals surface area contributed by atoms with Gasteiger partial charge in [0.2, 0.25) is 0 Å². The maximum absolute atomic E-state index is 12.0. The fourth-order valence-corrected chi connectivity index (χ4v) is 2.06. The lowest BCUT2D eigenvalue weighted by molar-refractivity contribution is 0.0829. The predicted octanol–water partition coefficient (Wildman–Crippen LogP) is 0.952. The SMILES string of the molecule is O=C(NCCOCCO)c1cccn1C1CCC1. The summed E-state index contributed by atoms with van der Waals surface area (Å²) in [6.07, 6.45) is 5.54. The second kappa shape index (κ2) is 6.56. The zero-order chi connectivity index (χ0) is 12.8. The van der Waals surface area contributed by atoms with Crippen molar-refractivity contribution in [1.29, 1.82) is 0 Å². The molecule has 1 aliphatic carbocycles. The molecule has 1 aromatic heterocycles. The average molecular weight is 252 g/mol. The van der Waals surface area contributed by atoms with Gasteiger partial charge in [-0.25, -0.2) is 0 Å². The van der Waals surface area contributed by atoms with E-state index in [0.717, 1.165) is 18.5 Å². The van der Waals surface area contributed by atoms with E-state index in [1.807, 2.05) is 18.3 Å². The second-order valence-electron chi connectivity index (χ2n) is 4.48. The fraction of sp³-hybridized carbons (Fsp3) is 0.615. The molecule has 0 unspecified atom stereocenters. The summed E-state index contributed by atoms with van der Waals surface area (Å²) >= 11 is 0. The van der Waals surface area contributed by atoms with E-state index in [-0.39, 0.29) is 12.5 Å². The lowest BCUT2D eigenvalue weighted by Gasteiger charge is -2.28. The topological polar surface area (TPSA) is 63.5 Å². The zero-order valence-electron chi connectivity index (χ0n) is 10.5. The number of nitrogens with zero attached hydrogens (tertiary/aromatic N) is 1. The zero-order valence-corrected chi connectivity index (χ0v) is 10.5. The highest BCUT2D eigenvalue weighted by Gasteiger charge is 2.22. The van der Waals surface area contributed by atoms with Crippen LogP contribution in [0.15, 0.2) is 18.3 Å². The van der Waals surface area contributed by atoms with E-state index < -0.39 is 0 Å². The minimum absolute atomic E-state index is 0.0124. The molecular weight excluding hydrogens is 232 g/mol. The summed E-state index contributed by atoms with van der Waals surface area (Å²) < 4.78 is 7.15. The van der Waals surface area contributed by atoms with Gasteiger partial charge in [0, 0.05) is 18.8 Å². The highest BCUT2D eigenvalue weighted by atomic mass is 16.5. The number of hydrogen-bond acceptors (Lipinski definition) is 3. The molecular formula is C13H20N2O3. The van der Waals surface area contributed by atoms with Crippen LogP contribution in [0.25, 0.3) is 0 Å². The smallest absolute Gasteiger partial charge is 0.267 e. The van der Waals surface area contributed by atoms with Gasteiger partial charge in [-0.2, -0.15) is 0 Å². The standard InChI is InChI=1S/C13H20N2O3/c16-8-10-18-9-6-14-13(17)12-5-2-7-15(12)11-3-1-4-11/h2,5,7,11,16H,1,3-4,6,8-10H2,(H,14,17). The van der Waals surface area contributed by atoms with Gasteiger partial charge in [0.05, 0.1) is 19.8 Å². The van der Waals surface area contributed by atoms with Gasteiger partial charge >= 0.3 is 0 Å². The number of hydrogen-bond donors (Lipinski definition) is 2. The Morgan fingerprint density at radius 1 is 1.50 bits per heavy atom. The normalized spacial score (nSPS) is 15.4. The Hall–Kier alpha value is -1.33. The quantitative estimate of drug-likeness (QED) is 0.710. The van der Waals surface area contributed by atoms with E-state index in [9.17, 15) is 4.79 Å². The van der Waals surface area contributed by atoms with Crippen molar-refractivity contribution in [3.05, 3.63) is 24.0 Å². The monoisotopic (exact) mass is 252 g/mol. The summed E-state index contributed by atoms with van der Waals surface area (Å²) in [4.78, 5) is 12.0. The first-order chi connectivity index (χ1) is 8.83. The van der Waals surface area contributed by atoms with Crippen LogP contribution in [0.2, 0.25) is 0 Å². The summed E-state index contributed by atoms with van der Waals surface area (Å²) in [5, 5.41) is 11.4. The number of rotatable bonds is 7. The highest BCUT2D eigenvalue weighted by molar-refractivity contribution is 5.92. The summed E-state index contributed by atoms with van der Waals surface area (Å²) in [6.45, 7) is 1.22. The lowest BCUT2D eigenvalue weighted by Crippen LogP contribution is -2.31. The molecule has 1 fully saturated rings. The summed E-state index contributed by atoms with van der Waals surface area (Å²) in [6, 6.07) is 4.25. The van der Waals surface area contributed by atoms with Crippen molar-refractivity contribution in [3.8, 4) is 0 Å². The number of carbonyl (C=O) groups excluding carboxylic acids is 1. The fourth-order valence-electron chi connectivity index (χ4n) is 2.06. The molecule has 0 atom stereocenters.